The fourth-order valence-electron chi connectivity index (χ4n) is 1.48. The second kappa shape index (κ2) is 1.75. The van der Waals surface area contributed by atoms with Crippen molar-refractivity contribution in [3.63, 3.8) is 0 Å². The number of piperazine rings is 1. The van der Waals surface area contributed by atoms with E-state index in [-0.39, 0.29) is 18.4 Å². The Labute approximate surface area is 64.5 Å². The fraction of sp³-hybridized carbons (Fsp3) is 0.714. The molecule has 4 heteroatoms. The summed E-state index contributed by atoms with van der Waals surface area (Å²) >= 11 is 0. The zero-order chi connectivity index (χ0) is 8.06. The van der Waals surface area contributed by atoms with Crippen LogP contribution in [-0.4, -0.2) is 35.8 Å². The van der Waals surface area contributed by atoms with Gasteiger partial charge in [-0.1, -0.05) is 0 Å². The van der Waals surface area contributed by atoms with Crippen molar-refractivity contribution >= 4 is 11.8 Å². The van der Waals surface area contributed by atoms with Crippen LogP contribution in [0.15, 0.2) is 0 Å². The lowest BCUT2D eigenvalue weighted by atomic mass is 10.2. The molecule has 2 fully saturated rings. The highest BCUT2D eigenvalue weighted by Gasteiger charge is 2.54. The van der Waals surface area contributed by atoms with Crippen molar-refractivity contribution in [3.05, 3.63) is 0 Å². The Morgan fingerprint density at radius 1 is 1.45 bits per heavy atom. The van der Waals surface area contributed by atoms with Gasteiger partial charge in [-0.3, -0.25) is 9.59 Å². The predicted octanol–water partition coefficient (Wildman–Crippen LogP) is -0.893. The molecule has 11 heavy (non-hydrogen) atoms. The molecular weight excluding hydrogens is 144 g/mol. The van der Waals surface area contributed by atoms with Gasteiger partial charge in [-0.05, 0) is 12.8 Å². The molecule has 0 radical (unpaired) electrons. The summed E-state index contributed by atoms with van der Waals surface area (Å²) in [5.41, 5.74) is -0.482. The lowest BCUT2D eigenvalue weighted by molar-refractivity contribution is -0.144. The first-order chi connectivity index (χ1) is 5.14. The Morgan fingerprint density at radius 3 is 2.64 bits per heavy atom. The summed E-state index contributed by atoms with van der Waals surface area (Å²) in [7, 11) is 1.67. The number of rotatable bonds is 0. The van der Waals surface area contributed by atoms with Crippen LogP contribution in [0, 0.1) is 0 Å². The summed E-state index contributed by atoms with van der Waals surface area (Å²) in [6.07, 6.45) is 1.61. The average molecular weight is 154 g/mol. The second-order valence-electron chi connectivity index (χ2n) is 3.29. The first-order valence-electron chi connectivity index (χ1n) is 3.71. The highest BCUT2D eigenvalue weighted by Crippen LogP contribution is 2.38. The van der Waals surface area contributed by atoms with Gasteiger partial charge in [-0.2, -0.15) is 0 Å². The number of carbonyl (C=O) groups is 2. The molecule has 2 aliphatic rings. The number of carbonyl (C=O) groups excluding carboxylic acids is 2. The van der Waals surface area contributed by atoms with E-state index in [0.29, 0.717) is 0 Å². The maximum Gasteiger partial charge on any atom is 0.248 e. The van der Waals surface area contributed by atoms with Gasteiger partial charge in [0.15, 0.2) is 0 Å². The van der Waals surface area contributed by atoms with Crippen molar-refractivity contribution in [2.75, 3.05) is 13.6 Å². The van der Waals surface area contributed by atoms with Gasteiger partial charge in [0.05, 0.1) is 6.54 Å². The van der Waals surface area contributed by atoms with E-state index in [1.54, 1.807) is 7.05 Å². The highest BCUT2D eigenvalue weighted by atomic mass is 16.2. The predicted molar refractivity (Wildman–Crippen MR) is 37.7 cm³/mol. The minimum Gasteiger partial charge on any atom is -0.340 e. The Hall–Kier alpha value is -1.06. The second-order valence-corrected chi connectivity index (χ2v) is 3.29. The molecule has 1 spiro atoms. The van der Waals surface area contributed by atoms with Gasteiger partial charge in [-0.15, -0.1) is 0 Å². The molecule has 0 aromatic carbocycles. The molecular formula is C7H10N2O2. The van der Waals surface area contributed by atoms with Crippen LogP contribution in [0.25, 0.3) is 0 Å². The number of amides is 2. The summed E-state index contributed by atoms with van der Waals surface area (Å²) in [6, 6.07) is 0. The van der Waals surface area contributed by atoms with Gasteiger partial charge in [0.1, 0.15) is 5.54 Å². The summed E-state index contributed by atoms with van der Waals surface area (Å²) in [5.74, 6) is 0.0294. The van der Waals surface area contributed by atoms with Gasteiger partial charge in [0, 0.05) is 7.05 Å². The molecule has 1 heterocycles. The smallest absolute Gasteiger partial charge is 0.248 e. The van der Waals surface area contributed by atoms with Crippen LogP contribution in [0.4, 0.5) is 0 Å². The van der Waals surface area contributed by atoms with Gasteiger partial charge >= 0.3 is 0 Å². The Bertz CT molecular complexity index is 233. The first kappa shape index (κ1) is 6.64. The third-order valence-electron chi connectivity index (χ3n) is 2.27. The molecule has 60 valence electrons. The maximum atomic E-state index is 11.4. The van der Waals surface area contributed by atoms with E-state index in [0.717, 1.165) is 12.8 Å². The quantitative estimate of drug-likeness (QED) is 0.492. The van der Waals surface area contributed by atoms with E-state index < -0.39 is 5.54 Å². The number of nitrogens with one attached hydrogen (secondary N) is 1. The third-order valence-corrected chi connectivity index (χ3v) is 2.27. The van der Waals surface area contributed by atoms with Gasteiger partial charge in [-0.25, -0.2) is 0 Å². The Kier molecular flexibility index (Phi) is 1.06. The molecule has 0 bridgehead atoms. The summed E-state index contributed by atoms with van der Waals surface area (Å²) in [5, 5.41) is 2.72. The standard InChI is InChI=1S/C7H10N2O2/c1-9-4-5(10)8-7(2-3-7)6(9)11/h2-4H2,1H3,(H,8,10). The van der Waals surface area contributed by atoms with Crippen LogP contribution in [0.5, 0.6) is 0 Å². The molecule has 1 saturated carbocycles. The number of nitrogens with zero attached hydrogens (tertiary/aromatic N) is 1. The summed E-state index contributed by atoms with van der Waals surface area (Å²) in [6.45, 7) is 0.209. The summed E-state index contributed by atoms with van der Waals surface area (Å²) in [4.78, 5) is 23.8. The normalized spacial score (nSPS) is 27.2. The molecule has 4 nitrogen and oxygen atoms in total. The molecule has 0 unspecified atom stereocenters. The summed E-state index contributed by atoms with van der Waals surface area (Å²) < 4.78 is 0. The maximum absolute atomic E-state index is 11.4. The monoisotopic (exact) mass is 154 g/mol. The van der Waals surface area contributed by atoms with Gasteiger partial charge in [0.25, 0.3) is 0 Å². The van der Waals surface area contributed by atoms with E-state index >= 15 is 0 Å². The van der Waals surface area contributed by atoms with Gasteiger partial charge < -0.3 is 10.2 Å². The lowest BCUT2D eigenvalue weighted by Gasteiger charge is -2.29. The number of likely N-dealkylation sites (N-methyl/N-ethyl adjacent to an activating group) is 1. The highest BCUT2D eigenvalue weighted by molar-refractivity contribution is 5.99. The van der Waals surface area contributed by atoms with E-state index in [9.17, 15) is 9.59 Å². The fourth-order valence-corrected chi connectivity index (χ4v) is 1.48. The zero-order valence-electron chi connectivity index (χ0n) is 6.39. The lowest BCUT2D eigenvalue weighted by Crippen LogP contribution is -2.58. The minimum atomic E-state index is -0.482. The molecule has 1 aliphatic carbocycles. The van der Waals surface area contributed by atoms with Crippen molar-refractivity contribution in [2.24, 2.45) is 0 Å². The van der Waals surface area contributed by atoms with Crippen LogP contribution in [0.3, 0.4) is 0 Å². The third kappa shape index (κ3) is 0.818. The molecule has 0 aromatic rings. The van der Waals surface area contributed by atoms with Crippen LogP contribution in [0.2, 0.25) is 0 Å². The van der Waals surface area contributed by atoms with E-state index in [4.69, 9.17) is 0 Å². The molecule has 0 atom stereocenters. The minimum absolute atomic E-state index is 0.0374. The topological polar surface area (TPSA) is 49.4 Å². The molecule has 2 rings (SSSR count). The van der Waals surface area contributed by atoms with Crippen molar-refractivity contribution in [1.29, 1.82) is 0 Å². The van der Waals surface area contributed by atoms with Gasteiger partial charge in [0.2, 0.25) is 11.8 Å². The van der Waals surface area contributed by atoms with Crippen LogP contribution in [0.1, 0.15) is 12.8 Å². The SMILES string of the molecule is CN1CC(=O)NC2(CC2)C1=O. The first-order valence-corrected chi connectivity index (χ1v) is 3.71. The molecule has 1 N–H and O–H groups in total. The van der Waals surface area contributed by atoms with Crippen LogP contribution < -0.4 is 5.32 Å². The molecule has 2 amide bonds. The number of hydrogen-bond acceptors (Lipinski definition) is 2. The molecule has 1 saturated heterocycles. The van der Waals surface area contributed by atoms with Crippen LogP contribution in [-0.2, 0) is 9.59 Å². The van der Waals surface area contributed by atoms with Crippen molar-refractivity contribution in [1.82, 2.24) is 10.2 Å². The zero-order valence-corrected chi connectivity index (χ0v) is 6.39. The van der Waals surface area contributed by atoms with Crippen molar-refractivity contribution < 1.29 is 9.59 Å². The number of hydrogen-bond donors (Lipinski definition) is 1. The van der Waals surface area contributed by atoms with Crippen LogP contribution >= 0.6 is 0 Å². The largest absolute Gasteiger partial charge is 0.340 e. The van der Waals surface area contributed by atoms with Crippen molar-refractivity contribution in [2.45, 2.75) is 18.4 Å². The van der Waals surface area contributed by atoms with Crippen molar-refractivity contribution in [3.8, 4) is 0 Å². The van der Waals surface area contributed by atoms with E-state index in [1.807, 2.05) is 0 Å². The molecule has 1 aliphatic heterocycles. The van der Waals surface area contributed by atoms with E-state index in [2.05, 4.69) is 5.32 Å². The Morgan fingerprint density at radius 2 is 2.09 bits per heavy atom. The Balaban J connectivity index is 2.22. The molecule has 0 aromatic heterocycles. The van der Waals surface area contributed by atoms with E-state index in [1.165, 1.54) is 4.90 Å². The average Bonchev–Trinajstić information content (AvgIpc) is 2.65.